The lowest BCUT2D eigenvalue weighted by atomic mass is 10.0. The van der Waals surface area contributed by atoms with Crippen LogP contribution >= 0.6 is 27.3 Å². The number of hydrogen-bond acceptors (Lipinski definition) is 2. The van der Waals surface area contributed by atoms with Gasteiger partial charge in [0.25, 0.3) is 0 Å². The Hall–Kier alpha value is -0.640. The monoisotopic (exact) mass is 323 g/mol. The topological polar surface area (TPSA) is 12.0 Å². The van der Waals surface area contributed by atoms with Crippen LogP contribution in [0.25, 0.3) is 0 Å². The third-order valence-electron chi connectivity index (χ3n) is 2.95. The Morgan fingerprint density at radius 3 is 2.39 bits per heavy atom. The van der Waals surface area contributed by atoms with Crippen LogP contribution in [0.4, 0.5) is 0 Å². The Morgan fingerprint density at radius 2 is 1.83 bits per heavy atom. The van der Waals surface area contributed by atoms with Crippen LogP contribution in [0.3, 0.4) is 0 Å². The maximum atomic E-state index is 3.57. The minimum absolute atomic E-state index is 0.379. The van der Waals surface area contributed by atoms with Crippen LogP contribution in [0.1, 0.15) is 34.5 Å². The molecule has 1 aromatic heterocycles. The van der Waals surface area contributed by atoms with Crippen molar-refractivity contribution in [2.75, 3.05) is 0 Å². The molecular formula is C15H18BrNS. The molecule has 18 heavy (non-hydrogen) atoms. The number of rotatable bonds is 4. The Kier molecular flexibility index (Phi) is 4.60. The van der Waals surface area contributed by atoms with E-state index in [1.165, 1.54) is 26.0 Å². The van der Waals surface area contributed by atoms with Crippen LogP contribution in [0.15, 0.2) is 34.1 Å². The predicted octanol–water partition coefficient (Wildman–Crippen LogP) is 4.98. The smallest absolute Gasteiger partial charge is 0.0305 e. The van der Waals surface area contributed by atoms with Gasteiger partial charge in [-0.25, -0.2) is 0 Å². The Bertz CT molecular complexity index is 513. The van der Waals surface area contributed by atoms with Gasteiger partial charge in [0.05, 0.1) is 0 Å². The molecule has 0 aliphatic heterocycles. The quantitative estimate of drug-likeness (QED) is 0.836. The molecule has 1 aromatic carbocycles. The minimum atomic E-state index is 0.379. The normalized spacial score (nSPS) is 12.7. The maximum absolute atomic E-state index is 3.57. The summed E-state index contributed by atoms with van der Waals surface area (Å²) in [6.07, 6.45) is 0. The van der Waals surface area contributed by atoms with E-state index in [2.05, 4.69) is 71.7 Å². The fourth-order valence-electron chi connectivity index (χ4n) is 2.08. The van der Waals surface area contributed by atoms with E-state index in [9.17, 15) is 0 Å². The van der Waals surface area contributed by atoms with Crippen molar-refractivity contribution in [2.45, 2.75) is 33.4 Å². The summed E-state index contributed by atoms with van der Waals surface area (Å²) in [5.74, 6) is 0. The highest BCUT2D eigenvalue weighted by Crippen LogP contribution is 2.21. The van der Waals surface area contributed by atoms with Gasteiger partial charge in [-0.05, 0) is 48.3 Å². The van der Waals surface area contributed by atoms with Crippen LogP contribution in [0, 0.1) is 13.8 Å². The van der Waals surface area contributed by atoms with Gasteiger partial charge in [0.2, 0.25) is 0 Å². The van der Waals surface area contributed by atoms with E-state index < -0.39 is 0 Å². The first-order valence-electron chi connectivity index (χ1n) is 6.09. The van der Waals surface area contributed by atoms with Crippen molar-refractivity contribution in [1.29, 1.82) is 0 Å². The molecule has 3 heteroatoms. The first-order valence-corrected chi connectivity index (χ1v) is 7.76. The SMILES string of the molecule is Cc1cc(C)cc(C(C)NCc2cc(Br)cs2)c1. The fourth-order valence-corrected chi connectivity index (χ4v) is 3.48. The van der Waals surface area contributed by atoms with E-state index in [0.29, 0.717) is 6.04 Å². The molecule has 0 aliphatic carbocycles. The molecule has 96 valence electrons. The van der Waals surface area contributed by atoms with Gasteiger partial charge >= 0.3 is 0 Å². The number of thiophene rings is 1. The van der Waals surface area contributed by atoms with Gasteiger partial charge in [0.15, 0.2) is 0 Å². The molecule has 1 atom stereocenters. The average molecular weight is 324 g/mol. The lowest BCUT2D eigenvalue weighted by Gasteiger charge is -2.15. The zero-order valence-corrected chi connectivity index (χ0v) is 13.4. The second kappa shape index (κ2) is 6.00. The molecule has 1 N–H and O–H groups in total. The summed E-state index contributed by atoms with van der Waals surface area (Å²) in [6.45, 7) is 7.44. The largest absolute Gasteiger partial charge is 0.305 e. The summed E-state index contributed by atoms with van der Waals surface area (Å²) in [4.78, 5) is 1.36. The van der Waals surface area contributed by atoms with E-state index in [1.54, 1.807) is 11.3 Å². The fraction of sp³-hybridized carbons (Fsp3) is 0.333. The van der Waals surface area contributed by atoms with Crippen molar-refractivity contribution >= 4 is 27.3 Å². The number of benzene rings is 1. The van der Waals surface area contributed by atoms with Crippen LogP contribution < -0.4 is 5.32 Å². The van der Waals surface area contributed by atoms with Gasteiger partial charge in [0.1, 0.15) is 0 Å². The Labute approximate surface area is 121 Å². The van der Waals surface area contributed by atoms with Gasteiger partial charge in [0, 0.05) is 27.3 Å². The van der Waals surface area contributed by atoms with Gasteiger partial charge in [-0.2, -0.15) is 0 Å². The number of aryl methyl sites for hydroxylation is 2. The zero-order valence-electron chi connectivity index (χ0n) is 11.0. The molecule has 1 heterocycles. The summed E-state index contributed by atoms with van der Waals surface area (Å²) in [5, 5.41) is 5.70. The molecule has 0 aliphatic rings. The van der Waals surface area contributed by atoms with Crippen molar-refractivity contribution < 1.29 is 0 Å². The minimum Gasteiger partial charge on any atom is -0.305 e. The van der Waals surface area contributed by atoms with E-state index in [4.69, 9.17) is 0 Å². The lowest BCUT2D eigenvalue weighted by Crippen LogP contribution is -2.17. The molecule has 0 radical (unpaired) electrons. The molecule has 2 aromatic rings. The van der Waals surface area contributed by atoms with Gasteiger partial charge in [-0.1, -0.05) is 29.3 Å². The van der Waals surface area contributed by atoms with Gasteiger partial charge < -0.3 is 5.32 Å². The highest BCUT2D eigenvalue weighted by atomic mass is 79.9. The van der Waals surface area contributed by atoms with E-state index >= 15 is 0 Å². The molecule has 2 rings (SSSR count). The first-order chi connectivity index (χ1) is 8.54. The van der Waals surface area contributed by atoms with Crippen molar-refractivity contribution in [3.05, 3.63) is 55.7 Å². The number of nitrogens with one attached hydrogen (secondary N) is 1. The van der Waals surface area contributed by atoms with E-state index in [1.807, 2.05) is 0 Å². The summed E-state index contributed by atoms with van der Waals surface area (Å²) in [6, 6.07) is 9.28. The first kappa shape index (κ1) is 13.8. The zero-order chi connectivity index (χ0) is 13.1. The Balaban J connectivity index is 2.01. The molecular weight excluding hydrogens is 306 g/mol. The highest BCUT2D eigenvalue weighted by molar-refractivity contribution is 9.10. The van der Waals surface area contributed by atoms with Gasteiger partial charge in [-0.3, -0.25) is 0 Å². The van der Waals surface area contributed by atoms with Crippen LogP contribution in [-0.4, -0.2) is 0 Å². The third kappa shape index (κ3) is 3.67. The van der Waals surface area contributed by atoms with E-state index in [-0.39, 0.29) is 0 Å². The molecule has 1 nitrogen and oxygen atoms in total. The molecule has 0 saturated carbocycles. The third-order valence-corrected chi connectivity index (χ3v) is 4.65. The molecule has 0 saturated heterocycles. The number of halogens is 1. The van der Waals surface area contributed by atoms with Crippen molar-refractivity contribution in [1.82, 2.24) is 5.32 Å². The standard InChI is InChI=1S/C15H18BrNS/c1-10-4-11(2)6-13(5-10)12(3)17-8-15-7-14(16)9-18-15/h4-7,9,12,17H,8H2,1-3H3. The summed E-state index contributed by atoms with van der Waals surface area (Å²) < 4.78 is 1.17. The Morgan fingerprint density at radius 1 is 1.17 bits per heavy atom. The maximum Gasteiger partial charge on any atom is 0.0305 e. The summed E-state index contributed by atoms with van der Waals surface area (Å²) in [5.41, 5.74) is 4.03. The second-order valence-corrected chi connectivity index (χ2v) is 6.67. The molecule has 0 fully saturated rings. The van der Waals surface area contributed by atoms with Crippen molar-refractivity contribution in [2.24, 2.45) is 0 Å². The molecule has 0 spiro atoms. The molecule has 0 amide bonds. The molecule has 1 unspecified atom stereocenters. The number of hydrogen-bond donors (Lipinski definition) is 1. The second-order valence-electron chi connectivity index (χ2n) is 4.75. The average Bonchev–Trinajstić information content (AvgIpc) is 2.70. The van der Waals surface area contributed by atoms with Crippen LogP contribution in [0.2, 0.25) is 0 Å². The van der Waals surface area contributed by atoms with Crippen molar-refractivity contribution in [3.8, 4) is 0 Å². The van der Waals surface area contributed by atoms with E-state index in [0.717, 1.165) is 6.54 Å². The van der Waals surface area contributed by atoms with Crippen LogP contribution in [-0.2, 0) is 6.54 Å². The summed E-state index contributed by atoms with van der Waals surface area (Å²) in [7, 11) is 0. The lowest BCUT2D eigenvalue weighted by molar-refractivity contribution is 0.578. The predicted molar refractivity (Wildman–Crippen MR) is 83.2 cm³/mol. The van der Waals surface area contributed by atoms with Crippen molar-refractivity contribution in [3.63, 3.8) is 0 Å². The van der Waals surface area contributed by atoms with Gasteiger partial charge in [-0.15, -0.1) is 11.3 Å². The summed E-state index contributed by atoms with van der Waals surface area (Å²) >= 11 is 5.27. The molecule has 0 bridgehead atoms. The van der Waals surface area contributed by atoms with Crippen LogP contribution in [0.5, 0.6) is 0 Å². The highest BCUT2D eigenvalue weighted by Gasteiger charge is 2.06.